The van der Waals surface area contributed by atoms with E-state index in [1.165, 1.54) is 12.1 Å². The number of carbonyl (C=O) groups is 2. The third-order valence-electron chi connectivity index (χ3n) is 6.10. The quantitative estimate of drug-likeness (QED) is 0.397. The molecule has 196 valence electrons. The third kappa shape index (κ3) is 5.20. The van der Waals surface area contributed by atoms with Crippen LogP contribution in [-0.4, -0.2) is 35.3 Å². The molecule has 4 rings (SSSR count). The van der Waals surface area contributed by atoms with Gasteiger partial charge in [0.15, 0.2) is 0 Å². The molecule has 2 aromatic heterocycles. The molecule has 1 aliphatic rings. The standard InChI is InChI=1S/C26H32FN7O3/c1-14(2)34-20-10-22(28-7)29-12-16(20)13-33(25(34)36)19-9-18(17(27)8-15(19)3)30-24(35)31-23-11-21(32-37-23)26(4,5)6/h8-12,14H,13H2,1-7H3,(H,28,29)(H2,30,31,35). The highest BCUT2D eigenvalue weighted by Crippen LogP contribution is 2.37. The summed E-state index contributed by atoms with van der Waals surface area (Å²) < 4.78 is 20.1. The summed E-state index contributed by atoms with van der Waals surface area (Å²) in [4.78, 5) is 33.9. The highest BCUT2D eigenvalue weighted by Gasteiger charge is 2.34. The van der Waals surface area contributed by atoms with Gasteiger partial charge >= 0.3 is 12.1 Å². The zero-order valence-corrected chi connectivity index (χ0v) is 22.1. The average molecular weight is 510 g/mol. The smallest absolute Gasteiger partial charge is 0.329 e. The molecule has 1 aromatic carbocycles. The number of nitrogens with one attached hydrogen (secondary N) is 3. The van der Waals surface area contributed by atoms with E-state index >= 15 is 0 Å². The fraction of sp³-hybridized carbons (Fsp3) is 0.385. The molecule has 0 unspecified atom stereocenters. The first kappa shape index (κ1) is 25.9. The van der Waals surface area contributed by atoms with Gasteiger partial charge in [0.05, 0.1) is 29.3 Å². The highest BCUT2D eigenvalue weighted by atomic mass is 19.1. The molecule has 11 heteroatoms. The van der Waals surface area contributed by atoms with Crippen LogP contribution in [0.1, 0.15) is 51.4 Å². The molecule has 0 atom stereocenters. The Hall–Kier alpha value is -4.15. The van der Waals surface area contributed by atoms with Gasteiger partial charge < -0.3 is 15.2 Å². The summed E-state index contributed by atoms with van der Waals surface area (Å²) in [6.07, 6.45) is 1.73. The minimum Gasteiger partial charge on any atom is -0.373 e. The molecule has 0 bridgehead atoms. The second-order valence-corrected chi connectivity index (χ2v) is 10.3. The molecule has 0 saturated heterocycles. The van der Waals surface area contributed by atoms with Crippen molar-refractivity contribution in [2.24, 2.45) is 0 Å². The fourth-order valence-corrected chi connectivity index (χ4v) is 4.12. The number of urea groups is 2. The van der Waals surface area contributed by atoms with Crippen molar-refractivity contribution in [2.45, 2.75) is 59.5 Å². The van der Waals surface area contributed by atoms with E-state index in [1.54, 1.807) is 36.0 Å². The predicted molar refractivity (Wildman–Crippen MR) is 142 cm³/mol. The molecule has 3 heterocycles. The van der Waals surface area contributed by atoms with Crippen LogP contribution in [0, 0.1) is 12.7 Å². The van der Waals surface area contributed by atoms with E-state index in [1.807, 2.05) is 40.7 Å². The summed E-state index contributed by atoms with van der Waals surface area (Å²) in [6, 6.07) is 5.13. The van der Waals surface area contributed by atoms with Crippen LogP contribution in [0.5, 0.6) is 0 Å². The van der Waals surface area contributed by atoms with Gasteiger partial charge in [0, 0.05) is 42.4 Å². The van der Waals surface area contributed by atoms with E-state index < -0.39 is 11.8 Å². The Kier molecular flexibility index (Phi) is 6.81. The second kappa shape index (κ2) is 9.72. The van der Waals surface area contributed by atoms with Gasteiger partial charge in [-0.05, 0) is 38.5 Å². The van der Waals surface area contributed by atoms with E-state index in [9.17, 15) is 14.0 Å². The largest absolute Gasteiger partial charge is 0.373 e. The molecule has 0 saturated carbocycles. The number of hydrogen-bond acceptors (Lipinski definition) is 6. The van der Waals surface area contributed by atoms with E-state index in [-0.39, 0.29) is 35.6 Å². The van der Waals surface area contributed by atoms with Gasteiger partial charge in [0.1, 0.15) is 11.6 Å². The van der Waals surface area contributed by atoms with E-state index in [0.717, 1.165) is 11.3 Å². The van der Waals surface area contributed by atoms with Crippen molar-refractivity contribution in [3.8, 4) is 0 Å². The van der Waals surface area contributed by atoms with Crippen molar-refractivity contribution in [3.05, 3.63) is 53.1 Å². The van der Waals surface area contributed by atoms with Gasteiger partial charge in [0.25, 0.3) is 0 Å². The Morgan fingerprint density at radius 1 is 1.14 bits per heavy atom. The van der Waals surface area contributed by atoms with Gasteiger partial charge in [0.2, 0.25) is 5.88 Å². The summed E-state index contributed by atoms with van der Waals surface area (Å²) in [7, 11) is 1.77. The van der Waals surface area contributed by atoms with Gasteiger partial charge in [-0.25, -0.2) is 19.0 Å². The van der Waals surface area contributed by atoms with Crippen LogP contribution >= 0.6 is 0 Å². The average Bonchev–Trinajstić information content (AvgIpc) is 3.29. The van der Waals surface area contributed by atoms with E-state index in [4.69, 9.17) is 4.52 Å². The number of benzene rings is 1. The molecule has 4 amide bonds. The minimum absolute atomic E-state index is 0.0768. The van der Waals surface area contributed by atoms with Crippen LogP contribution < -0.4 is 25.8 Å². The number of anilines is 5. The molecule has 10 nitrogen and oxygen atoms in total. The summed E-state index contributed by atoms with van der Waals surface area (Å²) >= 11 is 0. The minimum atomic E-state index is -0.701. The van der Waals surface area contributed by atoms with Crippen molar-refractivity contribution >= 4 is 40.8 Å². The fourth-order valence-electron chi connectivity index (χ4n) is 4.12. The van der Waals surface area contributed by atoms with Crippen LogP contribution in [0.2, 0.25) is 0 Å². The molecule has 1 aliphatic heterocycles. The maximum absolute atomic E-state index is 14.9. The van der Waals surface area contributed by atoms with Crippen molar-refractivity contribution in [1.82, 2.24) is 10.1 Å². The number of pyridine rings is 1. The number of amides is 4. The number of fused-ring (bicyclic) bond motifs is 1. The number of aromatic nitrogens is 2. The van der Waals surface area contributed by atoms with Crippen LogP contribution in [0.3, 0.4) is 0 Å². The molecule has 0 spiro atoms. The third-order valence-corrected chi connectivity index (χ3v) is 6.10. The summed E-state index contributed by atoms with van der Waals surface area (Å²) in [5.74, 6) is 0.164. The number of carbonyl (C=O) groups excluding carboxylic acids is 2. The first-order valence-electron chi connectivity index (χ1n) is 12.0. The van der Waals surface area contributed by atoms with Gasteiger partial charge in [-0.15, -0.1) is 0 Å². The second-order valence-electron chi connectivity index (χ2n) is 10.3. The van der Waals surface area contributed by atoms with E-state index in [0.29, 0.717) is 22.8 Å². The highest BCUT2D eigenvalue weighted by molar-refractivity contribution is 6.07. The summed E-state index contributed by atoms with van der Waals surface area (Å²) in [5.41, 5.74) is 2.98. The summed E-state index contributed by atoms with van der Waals surface area (Å²) in [6.45, 7) is 11.7. The van der Waals surface area contributed by atoms with Crippen LogP contribution in [0.15, 0.2) is 35.0 Å². The molecule has 0 radical (unpaired) electrons. The number of halogens is 1. The molecular formula is C26H32FN7O3. The van der Waals surface area contributed by atoms with Gasteiger partial charge in [-0.3, -0.25) is 15.1 Å². The molecular weight excluding hydrogens is 477 g/mol. The lowest BCUT2D eigenvalue weighted by Crippen LogP contribution is -2.50. The predicted octanol–water partition coefficient (Wildman–Crippen LogP) is 5.86. The van der Waals surface area contributed by atoms with Crippen molar-refractivity contribution in [3.63, 3.8) is 0 Å². The Morgan fingerprint density at radius 3 is 2.49 bits per heavy atom. The zero-order chi connectivity index (χ0) is 27.1. The molecule has 0 fully saturated rings. The Labute approximate surface area is 215 Å². The monoisotopic (exact) mass is 509 g/mol. The van der Waals surface area contributed by atoms with Crippen molar-refractivity contribution < 1.29 is 18.5 Å². The van der Waals surface area contributed by atoms with Crippen LogP contribution in [-0.2, 0) is 12.0 Å². The maximum atomic E-state index is 14.9. The first-order chi connectivity index (χ1) is 17.4. The number of aryl methyl sites for hydroxylation is 1. The number of rotatable bonds is 5. The lowest BCUT2D eigenvalue weighted by atomic mass is 9.92. The SMILES string of the molecule is CNc1cc2c(cn1)CN(c1cc(NC(=O)Nc3cc(C(C)(C)C)no3)c(F)cc1C)C(=O)N2C(C)C. The van der Waals surface area contributed by atoms with Crippen molar-refractivity contribution in [1.29, 1.82) is 0 Å². The first-order valence-corrected chi connectivity index (χ1v) is 12.0. The lowest BCUT2D eigenvalue weighted by Gasteiger charge is -2.39. The molecule has 3 aromatic rings. The molecule has 3 N–H and O–H groups in total. The van der Waals surface area contributed by atoms with Gasteiger partial charge in [-0.2, -0.15) is 0 Å². The molecule has 0 aliphatic carbocycles. The Balaban J connectivity index is 1.62. The van der Waals surface area contributed by atoms with Crippen LogP contribution in [0.25, 0.3) is 0 Å². The molecule has 37 heavy (non-hydrogen) atoms. The Bertz CT molecular complexity index is 1350. The summed E-state index contributed by atoms with van der Waals surface area (Å²) in [5, 5.41) is 12.0. The van der Waals surface area contributed by atoms with E-state index in [2.05, 4.69) is 26.1 Å². The topological polar surface area (TPSA) is 116 Å². The van der Waals surface area contributed by atoms with Gasteiger partial charge in [-0.1, -0.05) is 25.9 Å². The van der Waals surface area contributed by atoms with Crippen molar-refractivity contribution in [2.75, 3.05) is 32.8 Å². The normalized spacial score (nSPS) is 13.6. The Morgan fingerprint density at radius 2 is 1.86 bits per heavy atom. The zero-order valence-electron chi connectivity index (χ0n) is 22.1. The number of hydrogen-bond donors (Lipinski definition) is 3. The lowest BCUT2D eigenvalue weighted by molar-refractivity contribution is 0.248. The van der Waals surface area contributed by atoms with Crippen LogP contribution in [0.4, 0.5) is 42.7 Å². The maximum Gasteiger partial charge on any atom is 0.329 e. The number of nitrogens with zero attached hydrogens (tertiary/aromatic N) is 4.